The first-order valence-electron chi connectivity index (χ1n) is 6.26. The summed E-state index contributed by atoms with van der Waals surface area (Å²) in [6.07, 6.45) is 2.80. The maximum absolute atomic E-state index is 11.1. The van der Waals surface area contributed by atoms with Gasteiger partial charge in [-0.2, -0.15) is 0 Å². The molecule has 1 saturated heterocycles. The molecule has 2 atom stereocenters. The van der Waals surface area contributed by atoms with Gasteiger partial charge < -0.3 is 19.9 Å². The van der Waals surface area contributed by atoms with Crippen molar-refractivity contribution in [2.75, 3.05) is 26.4 Å². The van der Waals surface area contributed by atoms with Gasteiger partial charge in [-0.05, 0) is 32.7 Å². The van der Waals surface area contributed by atoms with Crippen LogP contribution in [-0.2, 0) is 14.3 Å². The lowest BCUT2D eigenvalue weighted by molar-refractivity contribution is -0.145. The van der Waals surface area contributed by atoms with Crippen LogP contribution in [0.2, 0.25) is 0 Å². The number of nitrogens with one attached hydrogen (secondary N) is 1. The number of carboxylic acids is 1. The summed E-state index contributed by atoms with van der Waals surface area (Å²) in [4.78, 5) is 11.1. The van der Waals surface area contributed by atoms with E-state index in [0.29, 0.717) is 26.2 Å². The van der Waals surface area contributed by atoms with Crippen LogP contribution in [0, 0.1) is 0 Å². The molecule has 1 aliphatic rings. The molecule has 0 radical (unpaired) electrons. The maximum atomic E-state index is 11.1. The molecule has 17 heavy (non-hydrogen) atoms. The molecule has 5 nitrogen and oxygen atoms in total. The van der Waals surface area contributed by atoms with E-state index in [1.807, 2.05) is 6.92 Å². The summed E-state index contributed by atoms with van der Waals surface area (Å²) in [5.74, 6) is -0.833. The standard InChI is InChI=1S/C12H23NO4/c1-3-13-12(2,11(14)15)6-8-16-9-10-5-4-7-17-10/h10,13H,3-9H2,1-2H3,(H,14,15). The molecule has 0 amide bonds. The summed E-state index contributed by atoms with van der Waals surface area (Å²) in [6.45, 7) is 6.05. The largest absolute Gasteiger partial charge is 0.480 e. The number of carbonyl (C=O) groups is 1. The molecule has 0 saturated carbocycles. The van der Waals surface area contributed by atoms with E-state index in [2.05, 4.69) is 5.32 Å². The summed E-state index contributed by atoms with van der Waals surface area (Å²) in [7, 11) is 0. The third kappa shape index (κ3) is 4.61. The Morgan fingerprint density at radius 3 is 2.94 bits per heavy atom. The van der Waals surface area contributed by atoms with Gasteiger partial charge in [0.1, 0.15) is 5.54 Å². The molecule has 100 valence electrons. The minimum Gasteiger partial charge on any atom is -0.480 e. The number of aliphatic carboxylic acids is 1. The van der Waals surface area contributed by atoms with Gasteiger partial charge in [-0.3, -0.25) is 4.79 Å². The monoisotopic (exact) mass is 245 g/mol. The predicted molar refractivity (Wildman–Crippen MR) is 64.1 cm³/mol. The van der Waals surface area contributed by atoms with Crippen molar-refractivity contribution < 1.29 is 19.4 Å². The van der Waals surface area contributed by atoms with Crippen LogP contribution < -0.4 is 5.32 Å². The summed E-state index contributed by atoms with van der Waals surface area (Å²) < 4.78 is 10.9. The Labute approximate surface area is 102 Å². The molecule has 0 spiro atoms. The van der Waals surface area contributed by atoms with Gasteiger partial charge in [0.25, 0.3) is 0 Å². The number of rotatable bonds is 8. The third-order valence-corrected chi connectivity index (χ3v) is 3.11. The molecule has 2 N–H and O–H groups in total. The molecule has 1 aliphatic heterocycles. The second-order valence-electron chi connectivity index (χ2n) is 4.63. The van der Waals surface area contributed by atoms with E-state index in [0.717, 1.165) is 19.4 Å². The Bertz CT molecular complexity index is 241. The van der Waals surface area contributed by atoms with Gasteiger partial charge in [0, 0.05) is 13.2 Å². The van der Waals surface area contributed by atoms with Crippen LogP contribution in [0.3, 0.4) is 0 Å². The second kappa shape index (κ2) is 6.93. The van der Waals surface area contributed by atoms with E-state index in [-0.39, 0.29) is 6.10 Å². The van der Waals surface area contributed by atoms with Crippen molar-refractivity contribution in [3.8, 4) is 0 Å². The molecule has 1 rings (SSSR count). The molecule has 0 aromatic rings. The zero-order chi connectivity index (χ0) is 12.7. The van der Waals surface area contributed by atoms with E-state index in [1.165, 1.54) is 0 Å². The van der Waals surface area contributed by atoms with E-state index in [4.69, 9.17) is 14.6 Å². The number of hydrogen-bond acceptors (Lipinski definition) is 4. The molecule has 2 unspecified atom stereocenters. The summed E-state index contributed by atoms with van der Waals surface area (Å²) in [6, 6.07) is 0. The van der Waals surface area contributed by atoms with Crippen LogP contribution >= 0.6 is 0 Å². The average Bonchev–Trinajstić information content (AvgIpc) is 2.77. The second-order valence-corrected chi connectivity index (χ2v) is 4.63. The van der Waals surface area contributed by atoms with Crippen LogP contribution in [-0.4, -0.2) is 49.1 Å². The van der Waals surface area contributed by atoms with Gasteiger partial charge in [0.05, 0.1) is 12.7 Å². The van der Waals surface area contributed by atoms with Crippen LogP contribution in [0.25, 0.3) is 0 Å². The first kappa shape index (κ1) is 14.4. The molecule has 0 aromatic carbocycles. The molecular formula is C12H23NO4. The molecule has 0 aromatic heterocycles. The van der Waals surface area contributed by atoms with Crippen LogP contribution in [0.15, 0.2) is 0 Å². The summed E-state index contributed by atoms with van der Waals surface area (Å²) in [5, 5.41) is 12.1. The van der Waals surface area contributed by atoms with Gasteiger partial charge in [-0.15, -0.1) is 0 Å². The highest BCUT2D eigenvalue weighted by molar-refractivity contribution is 5.78. The Hall–Kier alpha value is -0.650. The maximum Gasteiger partial charge on any atom is 0.323 e. The van der Waals surface area contributed by atoms with Crippen LogP contribution in [0.1, 0.15) is 33.1 Å². The summed E-state index contributed by atoms with van der Waals surface area (Å²) in [5.41, 5.74) is -0.898. The van der Waals surface area contributed by atoms with Gasteiger partial charge in [0.15, 0.2) is 0 Å². The van der Waals surface area contributed by atoms with Crippen molar-refractivity contribution in [1.29, 1.82) is 0 Å². The van der Waals surface area contributed by atoms with Gasteiger partial charge in [0.2, 0.25) is 0 Å². The molecule has 1 heterocycles. The molecule has 5 heteroatoms. The Balaban J connectivity index is 2.20. The first-order valence-corrected chi connectivity index (χ1v) is 6.26. The molecule has 0 aliphatic carbocycles. The van der Waals surface area contributed by atoms with E-state index in [9.17, 15) is 4.79 Å². The lowest BCUT2D eigenvalue weighted by Crippen LogP contribution is -2.50. The van der Waals surface area contributed by atoms with Gasteiger partial charge in [-0.1, -0.05) is 6.92 Å². The predicted octanol–water partition coefficient (Wildman–Crippen LogP) is 1.02. The highest BCUT2D eigenvalue weighted by Gasteiger charge is 2.31. The van der Waals surface area contributed by atoms with Gasteiger partial charge in [-0.25, -0.2) is 0 Å². The normalized spacial score (nSPS) is 23.5. The lowest BCUT2D eigenvalue weighted by Gasteiger charge is -2.25. The topological polar surface area (TPSA) is 67.8 Å². The highest BCUT2D eigenvalue weighted by atomic mass is 16.5. The van der Waals surface area contributed by atoms with Crippen molar-refractivity contribution in [2.24, 2.45) is 0 Å². The third-order valence-electron chi connectivity index (χ3n) is 3.11. The van der Waals surface area contributed by atoms with Gasteiger partial charge >= 0.3 is 5.97 Å². The zero-order valence-corrected chi connectivity index (χ0v) is 10.7. The minimum atomic E-state index is -0.898. The number of ether oxygens (including phenoxy) is 2. The zero-order valence-electron chi connectivity index (χ0n) is 10.7. The highest BCUT2D eigenvalue weighted by Crippen LogP contribution is 2.14. The quantitative estimate of drug-likeness (QED) is 0.625. The van der Waals surface area contributed by atoms with Crippen molar-refractivity contribution in [3.63, 3.8) is 0 Å². The Morgan fingerprint density at radius 2 is 2.41 bits per heavy atom. The van der Waals surface area contributed by atoms with E-state index in [1.54, 1.807) is 6.92 Å². The fraction of sp³-hybridized carbons (Fsp3) is 0.917. The molecule has 1 fully saturated rings. The first-order chi connectivity index (χ1) is 8.08. The Kier molecular flexibility index (Phi) is 5.88. The van der Waals surface area contributed by atoms with E-state index >= 15 is 0 Å². The smallest absolute Gasteiger partial charge is 0.323 e. The lowest BCUT2D eigenvalue weighted by atomic mass is 9.99. The fourth-order valence-electron chi connectivity index (χ4n) is 1.93. The SMILES string of the molecule is CCNC(C)(CCOCC1CCCO1)C(=O)O. The Morgan fingerprint density at radius 1 is 1.65 bits per heavy atom. The van der Waals surface area contributed by atoms with Crippen molar-refractivity contribution >= 4 is 5.97 Å². The van der Waals surface area contributed by atoms with E-state index < -0.39 is 11.5 Å². The molecular weight excluding hydrogens is 222 g/mol. The average molecular weight is 245 g/mol. The minimum absolute atomic E-state index is 0.199. The fourth-order valence-corrected chi connectivity index (χ4v) is 1.93. The van der Waals surface area contributed by atoms with Crippen LogP contribution in [0.4, 0.5) is 0 Å². The number of likely N-dealkylation sites (N-methyl/N-ethyl adjacent to an activating group) is 1. The summed E-state index contributed by atoms with van der Waals surface area (Å²) >= 11 is 0. The number of carboxylic acid groups (broad SMARTS) is 1. The molecule has 0 bridgehead atoms. The van der Waals surface area contributed by atoms with Crippen LogP contribution in [0.5, 0.6) is 0 Å². The van der Waals surface area contributed by atoms with Crippen molar-refractivity contribution in [2.45, 2.75) is 44.8 Å². The van der Waals surface area contributed by atoms with Crippen molar-refractivity contribution in [3.05, 3.63) is 0 Å². The number of hydrogen-bond donors (Lipinski definition) is 2. The van der Waals surface area contributed by atoms with Crippen molar-refractivity contribution in [1.82, 2.24) is 5.32 Å².